The molecule has 0 aliphatic carbocycles. The second kappa shape index (κ2) is 7.56. The Morgan fingerprint density at radius 2 is 1.65 bits per heavy atom. The summed E-state index contributed by atoms with van der Waals surface area (Å²) in [4.78, 5) is 0. The van der Waals surface area contributed by atoms with E-state index in [4.69, 9.17) is 14.7 Å². The molecule has 0 unspecified atom stereocenters. The van der Waals surface area contributed by atoms with Gasteiger partial charge in [-0.1, -0.05) is 12.1 Å². The van der Waals surface area contributed by atoms with Crippen LogP contribution in [0, 0.1) is 11.3 Å². The van der Waals surface area contributed by atoms with Crippen LogP contribution in [0.15, 0.2) is 53.0 Å². The predicted octanol–water partition coefficient (Wildman–Crippen LogP) is 4.17. The van der Waals surface area contributed by atoms with Crippen LogP contribution < -0.4 is 9.47 Å². The van der Waals surface area contributed by atoms with Crippen molar-refractivity contribution in [2.24, 2.45) is 0 Å². The zero-order chi connectivity index (χ0) is 14.2. The number of hydrogen-bond acceptors (Lipinski definition) is 3. The highest BCUT2D eigenvalue weighted by Crippen LogP contribution is 2.23. The Morgan fingerprint density at radius 1 is 0.950 bits per heavy atom. The average Bonchev–Trinajstić information content (AvgIpc) is 2.49. The molecule has 2 rings (SSSR count). The van der Waals surface area contributed by atoms with E-state index in [0.29, 0.717) is 18.8 Å². The maximum atomic E-state index is 8.69. The molecule has 0 saturated heterocycles. The number of benzene rings is 2. The highest BCUT2D eigenvalue weighted by molar-refractivity contribution is 9.10. The molecule has 0 fully saturated rings. The molecular weight excluding hydrogens is 318 g/mol. The van der Waals surface area contributed by atoms with E-state index in [1.807, 2.05) is 24.3 Å². The van der Waals surface area contributed by atoms with Gasteiger partial charge in [0.2, 0.25) is 0 Å². The van der Waals surface area contributed by atoms with Gasteiger partial charge < -0.3 is 9.47 Å². The molecule has 0 saturated carbocycles. The number of nitriles is 1. The highest BCUT2D eigenvalue weighted by Gasteiger charge is 1.99. The Labute approximate surface area is 126 Å². The van der Waals surface area contributed by atoms with Gasteiger partial charge in [0.15, 0.2) is 0 Å². The fourth-order valence-corrected chi connectivity index (χ4v) is 2.02. The van der Waals surface area contributed by atoms with E-state index in [2.05, 4.69) is 22.0 Å². The SMILES string of the molecule is N#Cc1ccc(OCCCOc2ccccc2Br)cc1. The van der Waals surface area contributed by atoms with Crippen molar-refractivity contribution in [3.05, 3.63) is 58.6 Å². The standard InChI is InChI=1S/C16H14BrNO2/c17-15-4-1-2-5-16(15)20-11-3-10-19-14-8-6-13(12-18)7-9-14/h1-2,4-9H,3,10-11H2. The Balaban J connectivity index is 1.69. The molecule has 0 heterocycles. The fraction of sp³-hybridized carbons (Fsp3) is 0.188. The van der Waals surface area contributed by atoms with Crippen LogP contribution in [0.25, 0.3) is 0 Å². The van der Waals surface area contributed by atoms with Crippen LogP contribution >= 0.6 is 15.9 Å². The molecule has 0 amide bonds. The molecule has 102 valence electrons. The van der Waals surface area contributed by atoms with Gasteiger partial charge in [0.25, 0.3) is 0 Å². The summed E-state index contributed by atoms with van der Waals surface area (Å²) in [6.07, 6.45) is 0.793. The summed E-state index contributed by atoms with van der Waals surface area (Å²) >= 11 is 3.43. The molecule has 2 aromatic carbocycles. The smallest absolute Gasteiger partial charge is 0.133 e. The summed E-state index contributed by atoms with van der Waals surface area (Å²) in [5, 5.41) is 8.69. The largest absolute Gasteiger partial charge is 0.493 e. The predicted molar refractivity (Wildman–Crippen MR) is 80.9 cm³/mol. The zero-order valence-electron chi connectivity index (χ0n) is 10.9. The van der Waals surface area contributed by atoms with E-state index < -0.39 is 0 Å². The first-order valence-electron chi connectivity index (χ1n) is 6.30. The molecule has 2 aromatic rings. The van der Waals surface area contributed by atoms with Crippen molar-refractivity contribution in [2.45, 2.75) is 6.42 Å². The normalized spacial score (nSPS) is 9.80. The Morgan fingerprint density at radius 3 is 2.35 bits per heavy atom. The Bertz CT molecular complexity index is 590. The quantitative estimate of drug-likeness (QED) is 0.746. The van der Waals surface area contributed by atoms with Crippen molar-refractivity contribution in [3.63, 3.8) is 0 Å². The third kappa shape index (κ3) is 4.29. The minimum atomic E-state index is 0.580. The third-order valence-electron chi connectivity index (χ3n) is 2.64. The van der Waals surface area contributed by atoms with Crippen molar-refractivity contribution < 1.29 is 9.47 Å². The van der Waals surface area contributed by atoms with Gasteiger partial charge in [0, 0.05) is 6.42 Å². The molecule has 4 heteroatoms. The van der Waals surface area contributed by atoms with Crippen molar-refractivity contribution in [1.29, 1.82) is 5.26 Å². The first kappa shape index (κ1) is 14.4. The lowest BCUT2D eigenvalue weighted by Gasteiger charge is -2.09. The van der Waals surface area contributed by atoms with Crippen molar-refractivity contribution in [1.82, 2.24) is 0 Å². The van der Waals surface area contributed by atoms with Gasteiger partial charge in [-0.25, -0.2) is 0 Å². The molecule has 0 N–H and O–H groups in total. The summed E-state index contributed by atoms with van der Waals surface area (Å²) in [6, 6.07) is 16.9. The van der Waals surface area contributed by atoms with E-state index >= 15 is 0 Å². The van der Waals surface area contributed by atoms with Crippen LogP contribution in [0.2, 0.25) is 0 Å². The van der Waals surface area contributed by atoms with E-state index in [9.17, 15) is 0 Å². The van der Waals surface area contributed by atoms with Crippen LogP contribution in [-0.2, 0) is 0 Å². The molecule has 0 aliphatic heterocycles. The lowest BCUT2D eigenvalue weighted by Crippen LogP contribution is -2.05. The fourth-order valence-electron chi connectivity index (χ4n) is 1.62. The number of hydrogen-bond donors (Lipinski definition) is 0. The number of nitrogens with zero attached hydrogens (tertiary/aromatic N) is 1. The van der Waals surface area contributed by atoms with Gasteiger partial charge >= 0.3 is 0 Å². The van der Waals surface area contributed by atoms with Gasteiger partial charge in [-0.2, -0.15) is 5.26 Å². The van der Waals surface area contributed by atoms with Crippen molar-refractivity contribution in [2.75, 3.05) is 13.2 Å². The lowest BCUT2D eigenvalue weighted by atomic mass is 10.2. The molecule has 0 aromatic heterocycles. The second-order valence-electron chi connectivity index (χ2n) is 4.12. The second-order valence-corrected chi connectivity index (χ2v) is 4.97. The summed E-state index contributed by atoms with van der Waals surface area (Å²) in [5.41, 5.74) is 0.634. The summed E-state index contributed by atoms with van der Waals surface area (Å²) in [7, 11) is 0. The van der Waals surface area contributed by atoms with Gasteiger partial charge in [-0.05, 0) is 52.3 Å². The number of para-hydroxylation sites is 1. The summed E-state index contributed by atoms with van der Waals surface area (Å²) < 4.78 is 12.2. The van der Waals surface area contributed by atoms with Crippen molar-refractivity contribution >= 4 is 15.9 Å². The molecule has 0 bridgehead atoms. The molecular formula is C16H14BrNO2. The lowest BCUT2D eigenvalue weighted by molar-refractivity contribution is 0.246. The van der Waals surface area contributed by atoms with Gasteiger partial charge in [-0.15, -0.1) is 0 Å². The van der Waals surface area contributed by atoms with E-state index in [-0.39, 0.29) is 0 Å². The van der Waals surface area contributed by atoms with Gasteiger partial charge in [0.05, 0.1) is 29.3 Å². The van der Waals surface area contributed by atoms with Gasteiger partial charge in [-0.3, -0.25) is 0 Å². The average molecular weight is 332 g/mol. The van der Waals surface area contributed by atoms with Crippen molar-refractivity contribution in [3.8, 4) is 17.6 Å². The topological polar surface area (TPSA) is 42.2 Å². The molecule has 20 heavy (non-hydrogen) atoms. The highest BCUT2D eigenvalue weighted by atomic mass is 79.9. The molecule has 0 spiro atoms. The van der Waals surface area contributed by atoms with Crippen LogP contribution in [-0.4, -0.2) is 13.2 Å². The monoisotopic (exact) mass is 331 g/mol. The summed E-state index contributed by atoms with van der Waals surface area (Å²) in [6.45, 7) is 1.18. The van der Waals surface area contributed by atoms with Crippen LogP contribution in [0.4, 0.5) is 0 Å². The molecule has 3 nitrogen and oxygen atoms in total. The maximum Gasteiger partial charge on any atom is 0.133 e. The van der Waals surface area contributed by atoms with Crippen LogP contribution in [0.5, 0.6) is 11.5 Å². The van der Waals surface area contributed by atoms with E-state index in [1.54, 1.807) is 24.3 Å². The maximum absolute atomic E-state index is 8.69. The minimum Gasteiger partial charge on any atom is -0.493 e. The van der Waals surface area contributed by atoms with Gasteiger partial charge in [0.1, 0.15) is 11.5 Å². The third-order valence-corrected chi connectivity index (χ3v) is 3.29. The van der Waals surface area contributed by atoms with E-state index in [0.717, 1.165) is 22.4 Å². The summed E-state index contributed by atoms with van der Waals surface area (Å²) in [5.74, 6) is 1.61. The van der Waals surface area contributed by atoms with Crippen LogP contribution in [0.1, 0.15) is 12.0 Å². The Hall–Kier alpha value is -1.99. The number of ether oxygens (including phenoxy) is 2. The molecule has 0 atom stereocenters. The van der Waals surface area contributed by atoms with E-state index in [1.165, 1.54) is 0 Å². The molecule has 0 radical (unpaired) electrons. The molecule has 0 aliphatic rings. The number of rotatable bonds is 6. The first-order chi connectivity index (χ1) is 9.79. The number of halogens is 1. The Kier molecular flexibility index (Phi) is 5.45. The zero-order valence-corrected chi connectivity index (χ0v) is 12.5. The minimum absolute atomic E-state index is 0.580. The first-order valence-corrected chi connectivity index (χ1v) is 7.09. The van der Waals surface area contributed by atoms with Crippen LogP contribution in [0.3, 0.4) is 0 Å².